The Hall–Kier alpha value is -1.39. The minimum Gasteiger partial charge on any atom is -0.392 e. The van der Waals surface area contributed by atoms with Crippen LogP contribution in [0.1, 0.15) is 24.0 Å². The average Bonchev–Trinajstić information content (AvgIpc) is 2.27. The SMILES string of the molecule is CC(C(=O)NN)c1ccc(CO)cc1. The summed E-state index contributed by atoms with van der Waals surface area (Å²) in [5.74, 6) is 4.54. The molecule has 1 unspecified atom stereocenters. The summed E-state index contributed by atoms with van der Waals surface area (Å²) >= 11 is 0. The molecule has 1 amide bonds. The average molecular weight is 194 g/mol. The van der Waals surface area contributed by atoms with Crippen LogP contribution < -0.4 is 11.3 Å². The van der Waals surface area contributed by atoms with Crippen LogP contribution in [-0.2, 0) is 11.4 Å². The topological polar surface area (TPSA) is 75.4 Å². The number of nitrogens with two attached hydrogens (primary N) is 1. The quantitative estimate of drug-likeness (QED) is 0.367. The fraction of sp³-hybridized carbons (Fsp3) is 0.300. The van der Waals surface area contributed by atoms with Gasteiger partial charge in [0.2, 0.25) is 5.91 Å². The van der Waals surface area contributed by atoms with Crippen molar-refractivity contribution in [2.75, 3.05) is 0 Å². The highest BCUT2D eigenvalue weighted by Crippen LogP contribution is 2.15. The van der Waals surface area contributed by atoms with E-state index < -0.39 is 0 Å². The first-order chi connectivity index (χ1) is 6.69. The fourth-order valence-corrected chi connectivity index (χ4v) is 1.19. The normalized spacial score (nSPS) is 12.2. The van der Waals surface area contributed by atoms with Crippen molar-refractivity contribution >= 4 is 5.91 Å². The van der Waals surface area contributed by atoms with E-state index >= 15 is 0 Å². The second-order valence-electron chi connectivity index (χ2n) is 3.13. The number of hydrogen-bond acceptors (Lipinski definition) is 3. The van der Waals surface area contributed by atoms with Crippen LogP contribution in [0.5, 0.6) is 0 Å². The Kier molecular flexibility index (Phi) is 3.62. The van der Waals surface area contributed by atoms with Gasteiger partial charge in [0.05, 0.1) is 12.5 Å². The molecule has 0 spiro atoms. The van der Waals surface area contributed by atoms with E-state index in [4.69, 9.17) is 10.9 Å². The molecular formula is C10H14N2O2. The molecule has 0 fully saturated rings. The number of carbonyl (C=O) groups is 1. The molecular weight excluding hydrogens is 180 g/mol. The van der Waals surface area contributed by atoms with Crippen molar-refractivity contribution < 1.29 is 9.90 Å². The van der Waals surface area contributed by atoms with Crippen molar-refractivity contribution in [3.63, 3.8) is 0 Å². The number of hydrogen-bond donors (Lipinski definition) is 3. The minimum atomic E-state index is -0.271. The first-order valence-electron chi connectivity index (χ1n) is 4.39. The first kappa shape index (κ1) is 10.7. The molecule has 4 nitrogen and oxygen atoms in total. The molecule has 0 saturated carbocycles. The van der Waals surface area contributed by atoms with E-state index in [1.165, 1.54) is 0 Å². The Balaban J connectivity index is 2.81. The minimum absolute atomic E-state index is 0.0117. The zero-order valence-electron chi connectivity index (χ0n) is 8.03. The predicted molar refractivity (Wildman–Crippen MR) is 53.1 cm³/mol. The highest BCUT2D eigenvalue weighted by Gasteiger charge is 2.12. The standard InChI is InChI=1S/C10H14N2O2/c1-7(10(14)12-11)9-4-2-8(6-13)3-5-9/h2-5,7,13H,6,11H2,1H3,(H,12,14). The Labute approximate surface area is 82.7 Å². The summed E-state index contributed by atoms with van der Waals surface area (Å²) in [5, 5.41) is 8.82. The van der Waals surface area contributed by atoms with Crippen LogP contribution in [0.3, 0.4) is 0 Å². The molecule has 1 atom stereocenters. The van der Waals surface area contributed by atoms with Crippen LogP contribution in [0.15, 0.2) is 24.3 Å². The van der Waals surface area contributed by atoms with Crippen molar-refractivity contribution in [2.24, 2.45) is 5.84 Å². The van der Waals surface area contributed by atoms with E-state index in [1.807, 2.05) is 12.1 Å². The molecule has 0 saturated heterocycles. The lowest BCUT2D eigenvalue weighted by atomic mass is 9.99. The monoisotopic (exact) mass is 194 g/mol. The van der Waals surface area contributed by atoms with Gasteiger partial charge in [-0.2, -0.15) is 0 Å². The summed E-state index contributed by atoms with van der Waals surface area (Å²) in [6.07, 6.45) is 0. The number of amides is 1. The number of rotatable bonds is 3. The Morgan fingerprint density at radius 2 is 2.07 bits per heavy atom. The van der Waals surface area contributed by atoms with Gasteiger partial charge in [-0.15, -0.1) is 0 Å². The zero-order valence-corrected chi connectivity index (χ0v) is 8.03. The summed E-state index contributed by atoms with van der Waals surface area (Å²) in [5.41, 5.74) is 3.81. The number of nitrogens with one attached hydrogen (secondary N) is 1. The number of hydrazine groups is 1. The van der Waals surface area contributed by atoms with E-state index in [2.05, 4.69) is 5.43 Å². The third kappa shape index (κ3) is 2.31. The number of benzene rings is 1. The highest BCUT2D eigenvalue weighted by molar-refractivity contribution is 5.82. The number of aliphatic hydroxyl groups is 1. The predicted octanol–water partition coefficient (Wildman–Crippen LogP) is 0.272. The third-order valence-electron chi connectivity index (χ3n) is 2.20. The molecule has 4 N–H and O–H groups in total. The second-order valence-corrected chi connectivity index (χ2v) is 3.13. The van der Waals surface area contributed by atoms with Gasteiger partial charge in [0.1, 0.15) is 0 Å². The Bertz CT molecular complexity index is 308. The van der Waals surface area contributed by atoms with E-state index in [9.17, 15) is 4.79 Å². The molecule has 0 aliphatic heterocycles. The summed E-state index contributed by atoms with van der Waals surface area (Å²) in [6.45, 7) is 1.79. The maximum Gasteiger partial charge on any atom is 0.241 e. The van der Waals surface area contributed by atoms with E-state index in [1.54, 1.807) is 19.1 Å². The van der Waals surface area contributed by atoms with Crippen LogP contribution in [0.4, 0.5) is 0 Å². The summed E-state index contributed by atoms with van der Waals surface area (Å²) in [7, 11) is 0. The molecule has 4 heteroatoms. The molecule has 0 aromatic heterocycles. The van der Waals surface area contributed by atoms with Crippen LogP contribution in [-0.4, -0.2) is 11.0 Å². The Morgan fingerprint density at radius 3 is 2.50 bits per heavy atom. The molecule has 1 aromatic rings. The van der Waals surface area contributed by atoms with Gasteiger partial charge in [0.15, 0.2) is 0 Å². The second kappa shape index (κ2) is 4.74. The fourth-order valence-electron chi connectivity index (χ4n) is 1.19. The molecule has 1 aromatic carbocycles. The largest absolute Gasteiger partial charge is 0.392 e. The molecule has 76 valence electrons. The number of carbonyl (C=O) groups excluding carboxylic acids is 1. The van der Waals surface area contributed by atoms with Crippen LogP contribution >= 0.6 is 0 Å². The van der Waals surface area contributed by atoms with Crippen molar-refractivity contribution in [1.29, 1.82) is 0 Å². The molecule has 0 heterocycles. The van der Waals surface area contributed by atoms with Gasteiger partial charge in [-0.25, -0.2) is 5.84 Å². The molecule has 1 rings (SSSR count). The van der Waals surface area contributed by atoms with Crippen molar-refractivity contribution in [3.05, 3.63) is 35.4 Å². The first-order valence-corrected chi connectivity index (χ1v) is 4.39. The molecule has 14 heavy (non-hydrogen) atoms. The molecule has 0 radical (unpaired) electrons. The third-order valence-corrected chi connectivity index (χ3v) is 2.20. The van der Waals surface area contributed by atoms with Gasteiger partial charge in [0, 0.05) is 0 Å². The molecule has 0 bridgehead atoms. The van der Waals surface area contributed by atoms with Crippen LogP contribution in [0.2, 0.25) is 0 Å². The Morgan fingerprint density at radius 1 is 1.50 bits per heavy atom. The summed E-state index contributed by atoms with van der Waals surface area (Å²) in [4.78, 5) is 11.2. The molecule has 0 aliphatic carbocycles. The molecule has 0 aliphatic rings. The summed E-state index contributed by atoms with van der Waals surface area (Å²) < 4.78 is 0. The maximum atomic E-state index is 11.2. The van der Waals surface area contributed by atoms with E-state index in [0.29, 0.717) is 0 Å². The van der Waals surface area contributed by atoms with Crippen LogP contribution in [0.25, 0.3) is 0 Å². The lowest BCUT2D eigenvalue weighted by molar-refractivity contribution is -0.122. The smallest absolute Gasteiger partial charge is 0.241 e. The van der Waals surface area contributed by atoms with E-state index in [-0.39, 0.29) is 18.4 Å². The van der Waals surface area contributed by atoms with Gasteiger partial charge in [0.25, 0.3) is 0 Å². The van der Waals surface area contributed by atoms with Crippen molar-refractivity contribution in [3.8, 4) is 0 Å². The summed E-state index contributed by atoms with van der Waals surface area (Å²) in [6, 6.07) is 7.20. The number of aliphatic hydroxyl groups excluding tert-OH is 1. The van der Waals surface area contributed by atoms with Crippen LogP contribution in [0, 0.1) is 0 Å². The van der Waals surface area contributed by atoms with Crippen molar-refractivity contribution in [1.82, 2.24) is 5.43 Å². The lowest BCUT2D eigenvalue weighted by Crippen LogP contribution is -2.33. The van der Waals surface area contributed by atoms with Gasteiger partial charge in [-0.3, -0.25) is 10.2 Å². The maximum absolute atomic E-state index is 11.2. The van der Waals surface area contributed by atoms with Gasteiger partial charge < -0.3 is 5.11 Å². The zero-order chi connectivity index (χ0) is 10.6. The van der Waals surface area contributed by atoms with Gasteiger partial charge in [-0.05, 0) is 18.1 Å². The van der Waals surface area contributed by atoms with Gasteiger partial charge >= 0.3 is 0 Å². The lowest BCUT2D eigenvalue weighted by Gasteiger charge is -2.09. The van der Waals surface area contributed by atoms with Gasteiger partial charge in [-0.1, -0.05) is 24.3 Å². The van der Waals surface area contributed by atoms with Crippen molar-refractivity contribution in [2.45, 2.75) is 19.4 Å². The van der Waals surface area contributed by atoms with E-state index in [0.717, 1.165) is 11.1 Å². The highest BCUT2D eigenvalue weighted by atomic mass is 16.3.